The van der Waals surface area contributed by atoms with Gasteiger partial charge in [0.1, 0.15) is 0 Å². The summed E-state index contributed by atoms with van der Waals surface area (Å²) in [6, 6.07) is 12.7. The SMILES string of the molecule is O=C(c1ccccc1)N1CCN(c2ccc(=O)[nH]c2)CC1. The largest absolute Gasteiger partial charge is 0.367 e. The Morgan fingerprint density at radius 2 is 1.67 bits per heavy atom. The lowest BCUT2D eigenvalue weighted by Gasteiger charge is -2.36. The van der Waals surface area contributed by atoms with E-state index < -0.39 is 0 Å². The van der Waals surface area contributed by atoms with Crippen LogP contribution < -0.4 is 10.5 Å². The first-order valence-electron chi connectivity index (χ1n) is 7.02. The van der Waals surface area contributed by atoms with Crippen LogP contribution in [0.2, 0.25) is 0 Å². The van der Waals surface area contributed by atoms with Crippen molar-refractivity contribution in [1.82, 2.24) is 9.88 Å². The molecule has 0 radical (unpaired) electrons. The van der Waals surface area contributed by atoms with Crippen molar-refractivity contribution in [2.24, 2.45) is 0 Å². The third kappa shape index (κ3) is 2.97. The molecule has 1 aliphatic heterocycles. The van der Waals surface area contributed by atoms with E-state index in [2.05, 4.69) is 9.88 Å². The Kier molecular flexibility index (Phi) is 3.73. The summed E-state index contributed by atoms with van der Waals surface area (Å²) in [6.45, 7) is 2.91. The van der Waals surface area contributed by atoms with Crippen molar-refractivity contribution in [3.63, 3.8) is 0 Å². The van der Waals surface area contributed by atoms with Crippen molar-refractivity contribution in [3.8, 4) is 0 Å². The van der Waals surface area contributed by atoms with E-state index in [1.807, 2.05) is 41.3 Å². The van der Waals surface area contributed by atoms with Crippen LogP contribution in [0.15, 0.2) is 53.5 Å². The van der Waals surface area contributed by atoms with Crippen molar-refractivity contribution in [2.45, 2.75) is 0 Å². The van der Waals surface area contributed by atoms with Crippen LogP contribution in [0, 0.1) is 0 Å². The second kappa shape index (κ2) is 5.83. The van der Waals surface area contributed by atoms with Gasteiger partial charge in [-0.25, -0.2) is 0 Å². The average molecular weight is 283 g/mol. The molecule has 2 aromatic rings. The summed E-state index contributed by atoms with van der Waals surface area (Å²) < 4.78 is 0. The summed E-state index contributed by atoms with van der Waals surface area (Å²) in [5.74, 6) is 0.0803. The number of carbonyl (C=O) groups is 1. The molecule has 1 saturated heterocycles. The van der Waals surface area contributed by atoms with Crippen molar-refractivity contribution >= 4 is 11.6 Å². The summed E-state index contributed by atoms with van der Waals surface area (Å²) in [7, 11) is 0. The van der Waals surface area contributed by atoms with E-state index in [4.69, 9.17) is 0 Å². The first kappa shape index (κ1) is 13.4. The Morgan fingerprint density at radius 3 is 2.29 bits per heavy atom. The minimum atomic E-state index is -0.100. The first-order chi connectivity index (χ1) is 10.2. The second-order valence-electron chi connectivity index (χ2n) is 5.06. The topological polar surface area (TPSA) is 56.4 Å². The Labute approximate surface area is 122 Å². The van der Waals surface area contributed by atoms with E-state index in [1.165, 1.54) is 6.07 Å². The van der Waals surface area contributed by atoms with E-state index in [-0.39, 0.29) is 11.5 Å². The summed E-state index contributed by atoms with van der Waals surface area (Å²) >= 11 is 0. The lowest BCUT2D eigenvalue weighted by Crippen LogP contribution is -2.48. The van der Waals surface area contributed by atoms with Gasteiger partial charge in [0.25, 0.3) is 5.91 Å². The number of nitrogens with zero attached hydrogens (tertiary/aromatic N) is 2. The summed E-state index contributed by atoms with van der Waals surface area (Å²) in [6.07, 6.45) is 1.72. The average Bonchev–Trinajstić information content (AvgIpc) is 2.56. The van der Waals surface area contributed by atoms with Crippen LogP contribution in [0.25, 0.3) is 0 Å². The van der Waals surface area contributed by atoms with Gasteiger partial charge in [0.15, 0.2) is 0 Å². The molecular weight excluding hydrogens is 266 g/mol. The summed E-state index contributed by atoms with van der Waals surface area (Å²) in [4.78, 5) is 30.1. The fourth-order valence-electron chi connectivity index (χ4n) is 2.53. The minimum absolute atomic E-state index is 0.0803. The Morgan fingerprint density at radius 1 is 0.952 bits per heavy atom. The number of anilines is 1. The van der Waals surface area contributed by atoms with Gasteiger partial charge in [0.2, 0.25) is 5.56 Å². The predicted octanol–water partition coefficient (Wildman–Crippen LogP) is 1.34. The normalized spacial score (nSPS) is 15.0. The van der Waals surface area contributed by atoms with E-state index >= 15 is 0 Å². The van der Waals surface area contributed by atoms with Gasteiger partial charge in [-0.05, 0) is 18.2 Å². The zero-order valence-corrected chi connectivity index (χ0v) is 11.7. The van der Waals surface area contributed by atoms with Crippen LogP contribution in [0.4, 0.5) is 5.69 Å². The molecule has 5 heteroatoms. The minimum Gasteiger partial charge on any atom is -0.367 e. The van der Waals surface area contributed by atoms with Crippen LogP contribution in [0.1, 0.15) is 10.4 Å². The van der Waals surface area contributed by atoms with Gasteiger partial charge in [-0.3, -0.25) is 9.59 Å². The molecule has 1 amide bonds. The first-order valence-corrected chi connectivity index (χ1v) is 7.02. The second-order valence-corrected chi connectivity index (χ2v) is 5.06. The Hall–Kier alpha value is -2.56. The molecule has 1 fully saturated rings. The maximum Gasteiger partial charge on any atom is 0.253 e. The number of nitrogens with one attached hydrogen (secondary N) is 1. The molecule has 1 N–H and O–H groups in total. The van der Waals surface area contributed by atoms with Crippen LogP contribution in [0.5, 0.6) is 0 Å². The summed E-state index contributed by atoms with van der Waals surface area (Å²) in [5, 5.41) is 0. The molecule has 3 rings (SSSR count). The standard InChI is InChI=1S/C16H17N3O2/c20-15-7-6-14(12-17-15)18-8-10-19(11-9-18)16(21)13-4-2-1-3-5-13/h1-7,12H,8-11H2,(H,17,20). The van der Waals surface area contributed by atoms with Gasteiger partial charge in [-0.15, -0.1) is 0 Å². The number of carbonyl (C=O) groups excluding carboxylic acids is 1. The Balaban J connectivity index is 1.64. The molecule has 1 aliphatic rings. The molecular formula is C16H17N3O2. The smallest absolute Gasteiger partial charge is 0.253 e. The molecule has 0 bridgehead atoms. The molecule has 0 saturated carbocycles. The number of aromatic nitrogens is 1. The van der Waals surface area contributed by atoms with Gasteiger partial charge in [-0.1, -0.05) is 18.2 Å². The molecule has 2 heterocycles. The molecule has 0 spiro atoms. The third-order valence-corrected chi connectivity index (χ3v) is 3.72. The highest BCUT2D eigenvalue weighted by atomic mass is 16.2. The molecule has 108 valence electrons. The number of piperazine rings is 1. The molecule has 0 unspecified atom stereocenters. The number of aromatic amines is 1. The third-order valence-electron chi connectivity index (χ3n) is 3.72. The molecule has 0 aliphatic carbocycles. The fourth-order valence-corrected chi connectivity index (χ4v) is 2.53. The van der Waals surface area contributed by atoms with E-state index in [0.717, 1.165) is 24.3 Å². The molecule has 21 heavy (non-hydrogen) atoms. The van der Waals surface area contributed by atoms with Gasteiger partial charge in [0, 0.05) is 44.0 Å². The number of benzene rings is 1. The molecule has 0 atom stereocenters. The van der Waals surface area contributed by atoms with Crippen molar-refractivity contribution < 1.29 is 4.79 Å². The summed E-state index contributed by atoms with van der Waals surface area (Å²) in [5.41, 5.74) is 1.62. The van der Waals surface area contributed by atoms with E-state index in [1.54, 1.807) is 6.20 Å². The maximum absolute atomic E-state index is 12.3. The van der Waals surface area contributed by atoms with Crippen LogP contribution >= 0.6 is 0 Å². The molecule has 1 aromatic carbocycles. The number of hydrogen-bond donors (Lipinski definition) is 1. The van der Waals surface area contributed by atoms with Gasteiger partial charge < -0.3 is 14.8 Å². The Bertz CT molecular complexity index is 653. The van der Waals surface area contributed by atoms with Crippen LogP contribution in [-0.4, -0.2) is 42.0 Å². The van der Waals surface area contributed by atoms with Crippen molar-refractivity contribution in [3.05, 3.63) is 64.6 Å². The van der Waals surface area contributed by atoms with E-state index in [9.17, 15) is 9.59 Å². The van der Waals surface area contributed by atoms with E-state index in [0.29, 0.717) is 13.1 Å². The van der Waals surface area contributed by atoms with Crippen LogP contribution in [-0.2, 0) is 0 Å². The number of amides is 1. The molecule has 1 aromatic heterocycles. The number of pyridine rings is 1. The van der Waals surface area contributed by atoms with Crippen molar-refractivity contribution in [1.29, 1.82) is 0 Å². The predicted molar refractivity (Wildman–Crippen MR) is 81.6 cm³/mol. The van der Waals surface area contributed by atoms with Gasteiger partial charge in [-0.2, -0.15) is 0 Å². The van der Waals surface area contributed by atoms with Crippen LogP contribution in [0.3, 0.4) is 0 Å². The lowest BCUT2D eigenvalue weighted by molar-refractivity contribution is 0.0747. The monoisotopic (exact) mass is 283 g/mol. The maximum atomic E-state index is 12.3. The van der Waals surface area contributed by atoms with Crippen molar-refractivity contribution in [2.75, 3.05) is 31.1 Å². The molecule has 5 nitrogen and oxygen atoms in total. The number of rotatable bonds is 2. The van der Waals surface area contributed by atoms with Gasteiger partial charge >= 0.3 is 0 Å². The quantitative estimate of drug-likeness (QED) is 0.905. The number of hydrogen-bond acceptors (Lipinski definition) is 3. The zero-order valence-electron chi connectivity index (χ0n) is 11.7. The number of H-pyrrole nitrogens is 1. The highest BCUT2D eigenvalue weighted by Crippen LogP contribution is 2.15. The highest BCUT2D eigenvalue weighted by molar-refractivity contribution is 5.94. The highest BCUT2D eigenvalue weighted by Gasteiger charge is 2.22. The fraction of sp³-hybridized carbons (Fsp3) is 0.250. The van der Waals surface area contributed by atoms with Gasteiger partial charge in [0.05, 0.1) is 5.69 Å². The zero-order chi connectivity index (χ0) is 14.7. The lowest BCUT2D eigenvalue weighted by atomic mass is 10.2.